The fourth-order valence-corrected chi connectivity index (χ4v) is 2.83. The summed E-state index contributed by atoms with van der Waals surface area (Å²) in [5.41, 5.74) is 3.60. The maximum Gasteiger partial charge on any atom is 0.175 e. The molecule has 1 N–H and O–H groups in total. The first kappa shape index (κ1) is 18.8. The maximum atomic E-state index is 5.99. The van der Waals surface area contributed by atoms with E-state index >= 15 is 0 Å². The number of nitrogens with one attached hydrogen (secondary N) is 1. The van der Waals surface area contributed by atoms with Crippen molar-refractivity contribution >= 4 is 15.9 Å². The molecule has 0 saturated carbocycles. The summed E-state index contributed by atoms with van der Waals surface area (Å²) < 4.78 is 12.4. The van der Waals surface area contributed by atoms with Crippen molar-refractivity contribution in [2.24, 2.45) is 0 Å². The van der Waals surface area contributed by atoms with Crippen LogP contribution in [0.15, 0.2) is 40.9 Å². The van der Waals surface area contributed by atoms with Crippen molar-refractivity contribution in [1.82, 2.24) is 5.32 Å². The molecule has 0 bridgehead atoms. The van der Waals surface area contributed by atoms with Gasteiger partial charge in [-0.05, 0) is 66.9 Å². The van der Waals surface area contributed by atoms with E-state index < -0.39 is 0 Å². The standard InChI is InChI=1S/C20H26BrNO2/c1-14-6-8-15(9-7-14)13-24-19-17(21)10-16(11-18(19)23-5)12-22-20(2,3)4/h6-11,22H,12-13H2,1-5H3. The topological polar surface area (TPSA) is 30.5 Å². The molecule has 0 amide bonds. The van der Waals surface area contributed by atoms with Gasteiger partial charge in [0.25, 0.3) is 0 Å². The van der Waals surface area contributed by atoms with E-state index in [4.69, 9.17) is 9.47 Å². The number of rotatable bonds is 6. The van der Waals surface area contributed by atoms with Crippen LogP contribution in [0.25, 0.3) is 0 Å². The van der Waals surface area contributed by atoms with Crippen LogP contribution in [0.1, 0.15) is 37.5 Å². The molecule has 4 heteroatoms. The summed E-state index contributed by atoms with van der Waals surface area (Å²) in [6.07, 6.45) is 0. The molecule has 0 radical (unpaired) electrons. The summed E-state index contributed by atoms with van der Waals surface area (Å²) in [5.74, 6) is 1.47. The van der Waals surface area contributed by atoms with Crippen LogP contribution in [-0.2, 0) is 13.2 Å². The fraction of sp³-hybridized carbons (Fsp3) is 0.400. The van der Waals surface area contributed by atoms with Gasteiger partial charge in [-0.15, -0.1) is 0 Å². The predicted octanol–water partition coefficient (Wildman–Crippen LogP) is 5.23. The largest absolute Gasteiger partial charge is 0.493 e. The first-order valence-corrected chi connectivity index (χ1v) is 8.87. The summed E-state index contributed by atoms with van der Waals surface area (Å²) in [5, 5.41) is 3.48. The van der Waals surface area contributed by atoms with E-state index in [2.05, 4.69) is 79.3 Å². The van der Waals surface area contributed by atoms with Gasteiger partial charge in [-0.1, -0.05) is 29.8 Å². The lowest BCUT2D eigenvalue weighted by Crippen LogP contribution is -2.35. The zero-order valence-corrected chi connectivity index (χ0v) is 16.7. The van der Waals surface area contributed by atoms with Gasteiger partial charge in [-0.25, -0.2) is 0 Å². The van der Waals surface area contributed by atoms with Crippen LogP contribution < -0.4 is 14.8 Å². The van der Waals surface area contributed by atoms with E-state index in [9.17, 15) is 0 Å². The van der Waals surface area contributed by atoms with Crippen LogP contribution in [0.5, 0.6) is 11.5 Å². The monoisotopic (exact) mass is 391 g/mol. The van der Waals surface area contributed by atoms with Gasteiger partial charge < -0.3 is 14.8 Å². The second-order valence-electron chi connectivity index (χ2n) is 6.99. The SMILES string of the molecule is COc1cc(CNC(C)(C)C)cc(Br)c1OCc1ccc(C)cc1. The van der Waals surface area contributed by atoms with Crippen LogP contribution in [-0.4, -0.2) is 12.6 Å². The molecule has 3 nitrogen and oxygen atoms in total. The molecule has 24 heavy (non-hydrogen) atoms. The van der Waals surface area contributed by atoms with Gasteiger partial charge in [0.15, 0.2) is 11.5 Å². The molecule has 0 aliphatic heterocycles. The molecule has 0 aromatic heterocycles. The lowest BCUT2D eigenvalue weighted by Gasteiger charge is -2.21. The number of aryl methyl sites for hydroxylation is 1. The average molecular weight is 392 g/mol. The summed E-state index contributed by atoms with van der Waals surface area (Å²) in [7, 11) is 1.67. The average Bonchev–Trinajstić information content (AvgIpc) is 2.52. The second kappa shape index (κ2) is 8.04. The summed E-state index contributed by atoms with van der Waals surface area (Å²) in [4.78, 5) is 0. The molecule has 2 aromatic rings. The van der Waals surface area contributed by atoms with Gasteiger partial charge in [-0.2, -0.15) is 0 Å². The molecule has 0 spiro atoms. The molecule has 2 aromatic carbocycles. The highest BCUT2D eigenvalue weighted by Gasteiger charge is 2.14. The Morgan fingerprint density at radius 3 is 2.29 bits per heavy atom. The zero-order valence-electron chi connectivity index (χ0n) is 15.1. The van der Waals surface area contributed by atoms with E-state index in [1.54, 1.807) is 7.11 Å². The Hall–Kier alpha value is -1.52. The summed E-state index contributed by atoms with van der Waals surface area (Å²) in [6.45, 7) is 9.81. The number of ether oxygens (including phenoxy) is 2. The Morgan fingerprint density at radius 2 is 1.71 bits per heavy atom. The van der Waals surface area contributed by atoms with Crippen molar-refractivity contribution in [3.05, 3.63) is 57.6 Å². The molecular weight excluding hydrogens is 366 g/mol. The molecule has 0 aliphatic carbocycles. The molecule has 0 unspecified atom stereocenters. The van der Waals surface area contributed by atoms with Crippen molar-refractivity contribution in [1.29, 1.82) is 0 Å². The van der Waals surface area contributed by atoms with E-state index in [1.165, 1.54) is 5.56 Å². The van der Waals surface area contributed by atoms with Crippen molar-refractivity contribution in [2.45, 2.75) is 46.4 Å². The summed E-state index contributed by atoms with van der Waals surface area (Å²) >= 11 is 3.61. The minimum atomic E-state index is 0.0698. The highest BCUT2D eigenvalue weighted by atomic mass is 79.9. The van der Waals surface area contributed by atoms with Gasteiger partial charge in [0.2, 0.25) is 0 Å². The third-order valence-electron chi connectivity index (χ3n) is 3.62. The van der Waals surface area contributed by atoms with Crippen LogP contribution >= 0.6 is 15.9 Å². The number of hydrogen-bond acceptors (Lipinski definition) is 3. The molecule has 0 atom stereocenters. The number of methoxy groups -OCH3 is 1. The fourth-order valence-electron chi connectivity index (χ4n) is 2.22. The predicted molar refractivity (Wildman–Crippen MR) is 103 cm³/mol. The van der Waals surface area contributed by atoms with E-state index in [0.29, 0.717) is 6.61 Å². The molecule has 130 valence electrons. The molecule has 0 fully saturated rings. The van der Waals surface area contributed by atoms with Crippen LogP contribution in [0.2, 0.25) is 0 Å². The number of hydrogen-bond donors (Lipinski definition) is 1. The second-order valence-corrected chi connectivity index (χ2v) is 7.84. The first-order chi connectivity index (χ1) is 11.3. The Balaban J connectivity index is 2.13. The minimum Gasteiger partial charge on any atom is -0.493 e. The Bertz CT molecular complexity index is 675. The molecule has 0 heterocycles. The van der Waals surface area contributed by atoms with Gasteiger partial charge in [0, 0.05) is 12.1 Å². The molecule has 0 saturated heterocycles. The third kappa shape index (κ3) is 5.53. The van der Waals surface area contributed by atoms with Crippen molar-refractivity contribution in [2.75, 3.05) is 7.11 Å². The van der Waals surface area contributed by atoms with Crippen LogP contribution in [0.3, 0.4) is 0 Å². The van der Waals surface area contributed by atoms with Gasteiger partial charge >= 0.3 is 0 Å². The molecule has 2 rings (SSSR count). The van der Waals surface area contributed by atoms with Gasteiger partial charge in [-0.3, -0.25) is 0 Å². The van der Waals surface area contributed by atoms with Crippen LogP contribution in [0, 0.1) is 6.92 Å². The molecular formula is C20H26BrNO2. The smallest absolute Gasteiger partial charge is 0.175 e. The lowest BCUT2D eigenvalue weighted by atomic mass is 10.1. The number of benzene rings is 2. The third-order valence-corrected chi connectivity index (χ3v) is 4.20. The van der Waals surface area contributed by atoms with Crippen LogP contribution in [0.4, 0.5) is 0 Å². The van der Waals surface area contributed by atoms with Gasteiger partial charge in [0.05, 0.1) is 11.6 Å². The zero-order chi connectivity index (χ0) is 17.7. The number of halogens is 1. The van der Waals surface area contributed by atoms with E-state index in [0.717, 1.165) is 33.6 Å². The highest BCUT2D eigenvalue weighted by molar-refractivity contribution is 9.10. The summed E-state index contributed by atoms with van der Waals surface area (Å²) in [6, 6.07) is 12.4. The Morgan fingerprint density at radius 1 is 1.04 bits per heavy atom. The van der Waals surface area contributed by atoms with Crippen molar-refractivity contribution < 1.29 is 9.47 Å². The quantitative estimate of drug-likeness (QED) is 0.730. The van der Waals surface area contributed by atoms with Crippen molar-refractivity contribution in [3.8, 4) is 11.5 Å². The van der Waals surface area contributed by atoms with Crippen molar-refractivity contribution in [3.63, 3.8) is 0 Å². The van der Waals surface area contributed by atoms with E-state index in [1.807, 2.05) is 6.07 Å². The van der Waals surface area contributed by atoms with Gasteiger partial charge in [0.1, 0.15) is 6.61 Å². The first-order valence-electron chi connectivity index (χ1n) is 8.08. The Labute approximate surface area is 153 Å². The normalized spacial score (nSPS) is 11.4. The van der Waals surface area contributed by atoms with E-state index in [-0.39, 0.29) is 5.54 Å². The highest BCUT2D eigenvalue weighted by Crippen LogP contribution is 2.37. The maximum absolute atomic E-state index is 5.99. The Kier molecular flexibility index (Phi) is 6.30. The minimum absolute atomic E-state index is 0.0698. The lowest BCUT2D eigenvalue weighted by molar-refractivity contribution is 0.282. The molecule has 0 aliphatic rings.